The van der Waals surface area contributed by atoms with Gasteiger partial charge in [0.25, 0.3) is 0 Å². The van der Waals surface area contributed by atoms with Gasteiger partial charge in [-0.15, -0.1) is 0 Å². The number of aromatic nitrogens is 2. The van der Waals surface area contributed by atoms with Gasteiger partial charge in [-0.3, -0.25) is 0 Å². The van der Waals surface area contributed by atoms with Gasteiger partial charge in [0.15, 0.2) is 0 Å². The molecular weight excluding hydrogens is 160 g/mol. The molecule has 0 bridgehead atoms. The van der Waals surface area contributed by atoms with Gasteiger partial charge in [-0.05, 0) is 13.3 Å². The summed E-state index contributed by atoms with van der Waals surface area (Å²) >= 11 is 5.76. The maximum Gasteiger partial charge on any atom is 0.128 e. The number of hydrogen-bond donors (Lipinski definition) is 0. The second kappa shape index (κ2) is 3.67. The van der Waals surface area contributed by atoms with Crippen molar-refractivity contribution < 1.29 is 0 Å². The molecule has 0 amide bonds. The summed E-state index contributed by atoms with van der Waals surface area (Å²) in [7, 11) is 0. The number of hydrogen-bond acceptors (Lipinski definition) is 2. The fraction of sp³-hybridized carbons (Fsp3) is 0.500. The van der Waals surface area contributed by atoms with Crippen molar-refractivity contribution in [1.29, 1.82) is 0 Å². The third kappa shape index (κ3) is 2.15. The molecule has 1 heterocycles. The van der Waals surface area contributed by atoms with Crippen molar-refractivity contribution in [3.8, 4) is 0 Å². The molecule has 3 heteroatoms. The Morgan fingerprint density at radius 1 is 1.55 bits per heavy atom. The van der Waals surface area contributed by atoms with Gasteiger partial charge in [0.2, 0.25) is 0 Å². The fourth-order valence-corrected chi connectivity index (χ4v) is 0.936. The van der Waals surface area contributed by atoms with Crippen LogP contribution in [0.2, 0.25) is 5.02 Å². The van der Waals surface area contributed by atoms with E-state index in [1.165, 1.54) is 0 Å². The summed E-state index contributed by atoms with van der Waals surface area (Å²) in [5.74, 6) is 0.884. The molecule has 0 saturated heterocycles. The predicted octanol–water partition coefficient (Wildman–Crippen LogP) is 2.39. The second-order valence-corrected chi connectivity index (χ2v) is 2.88. The Balaban J connectivity index is 2.86. The highest BCUT2D eigenvalue weighted by Gasteiger charge is 1.98. The minimum Gasteiger partial charge on any atom is -0.240 e. The van der Waals surface area contributed by atoms with Crippen molar-refractivity contribution in [2.75, 3.05) is 0 Å². The summed E-state index contributed by atoms with van der Waals surface area (Å²) in [6, 6.07) is 0. The summed E-state index contributed by atoms with van der Waals surface area (Å²) in [6.45, 7) is 4.00. The van der Waals surface area contributed by atoms with E-state index in [1.807, 2.05) is 6.92 Å². The van der Waals surface area contributed by atoms with E-state index >= 15 is 0 Å². The zero-order valence-electron chi connectivity index (χ0n) is 6.76. The Morgan fingerprint density at radius 3 is 2.82 bits per heavy atom. The van der Waals surface area contributed by atoms with Crippen LogP contribution in [0.5, 0.6) is 0 Å². The van der Waals surface area contributed by atoms with Gasteiger partial charge in [-0.2, -0.15) is 0 Å². The second-order valence-electron chi connectivity index (χ2n) is 2.47. The highest BCUT2D eigenvalue weighted by atomic mass is 35.5. The molecule has 0 aliphatic rings. The molecule has 11 heavy (non-hydrogen) atoms. The van der Waals surface area contributed by atoms with E-state index in [2.05, 4.69) is 16.9 Å². The lowest BCUT2D eigenvalue weighted by molar-refractivity contribution is 0.825. The van der Waals surface area contributed by atoms with E-state index in [4.69, 9.17) is 11.6 Å². The third-order valence-electron chi connectivity index (χ3n) is 1.44. The molecule has 0 aliphatic heterocycles. The van der Waals surface area contributed by atoms with Crippen LogP contribution >= 0.6 is 11.6 Å². The van der Waals surface area contributed by atoms with Crippen molar-refractivity contribution in [2.45, 2.75) is 26.7 Å². The van der Waals surface area contributed by atoms with E-state index in [1.54, 1.807) is 6.20 Å². The number of aryl methyl sites for hydroxylation is 2. The van der Waals surface area contributed by atoms with Gasteiger partial charge in [0.05, 0.1) is 10.7 Å². The SMILES string of the molecule is CCCc1ncc(Cl)c(C)n1. The number of rotatable bonds is 2. The lowest BCUT2D eigenvalue weighted by Crippen LogP contribution is -1.95. The van der Waals surface area contributed by atoms with Gasteiger partial charge in [0.1, 0.15) is 5.82 Å². The van der Waals surface area contributed by atoms with Crippen LogP contribution in [0.25, 0.3) is 0 Å². The molecule has 0 N–H and O–H groups in total. The summed E-state index contributed by atoms with van der Waals surface area (Å²) in [5.41, 5.74) is 0.866. The molecule has 0 fully saturated rings. The first-order valence-corrected chi connectivity index (χ1v) is 4.10. The molecule has 0 unspecified atom stereocenters. The van der Waals surface area contributed by atoms with Crippen LogP contribution in [-0.2, 0) is 6.42 Å². The monoisotopic (exact) mass is 170 g/mol. The molecule has 0 saturated carbocycles. The van der Waals surface area contributed by atoms with Crippen LogP contribution < -0.4 is 0 Å². The smallest absolute Gasteiger partial charge is 0.128 e. The van der Waals surface area contributed by atoms with Crippen LogP contribution in [0.3, 0.4) is 0 Å². The Labute approximate surface area is 71.6 Å². The molecule has 0 aliphatic carbocycles. The van der Waals surface area contributed by atoms with Gasteiger partial charge in [-0.1, -0.05) is 18.5 Å². The molecule has 0 radical (unpaired) electrons. The molecule has 1 aromatic heterocycles. The third-order valence-corrected chi connectivity index (χ3v) is 1.81. The summed E-state index contributed by atoms with van der Waals surface area (Å²) in [4.78, 5) is 8.31. The first-order valence-electron chi connectivity index (χ1n) is 3.72. The molecule has 2 nitrogen and oxygen atoms in total. The van der Waals surface area contributed by atoms with Crippen molar-refractivity contribution in [3.05, 3.63) is 22.7 Å². The van der Waals surface area contributed by atoms with Crippen LogP contribution in [0, 0.1) is 6.92 Å². The summed E-state index contributed by atoms with van der Waals surface area (Å²) in [6.07, 6.45) is 3.66. The van der Waals surface area contributed by atoms with E-state index in [-0.39, 0.29) is 0 Å². The molecule has 0 atom stereocenters. The molecule has 1 aromatic rings. The summed E-state index contributed by atoms with van der Waals surface area (Å²) < 4.78 is 0. The molecule has 0 spiro atoms. The van der Waals surface area contributed by atoms with Crippen molar-refractivity contribution >= 4 is 11.6 Å². The minimum absolute atomic E-state index is 0.643. The van der Waals surface area contributed by atoms with Gasteiger partial charge in [-0.25, -0.2) is 9.97 Å². The maximum absolute atomic E-state index is 5.76. The van der Waals surface area contributed by atoms with Crippen LogP contribution in [0.15, 0.2) is 6.20 Å². The van der Waals surface area contributed by atoms with Gasteiger partial charge < -0.3 is 0 Å². The number of nitrogens with zero attached hydrogens (tertiary/aromatic N) is 2. The highest BCUT2D eigenvalue weighted by molar-refractivity contribution is 6.31. The average Bonchev–Trinajstić information content (AvgIpc) is 1.98. The lowest BCUT2D eigenvalue weighted by Gasteiger charge is -1.99. The van der Waals surface area contributed by atoms with E-state index in [9.17, 15) is 0 Å². The largest absolute Gasteiger partial charge is 0.240 e. The molecular formula is C8H11ClN2. The van der Waals surface area contributed by atoms with Crippen molar-refractivity contribution in [2.24, 2.45) is 0 Å². The first-order chi connectivity index (χ1) is 5.24. The predicted molar refractivity (Wildman–Crippen MR) is 45.8 cm³/mol. The Morgan fingerprint density at radius 2 is 2.27 bits per heavy atom. The zero-order chi connectivity index (χ0) is 8.27. The van der Waals surface area contributed by atoms with E-state index in [0.717, 1.165) is 24.4 Å². The minimum atomic E-state index is 0.643. The van der Waals surface area contributed by atoms with E-state index in [0.29, 0.717) is 5.02 Å². The normalized spacial score (nSPS) is 10.1. The first kappa shape index (κ1) is 8.47. The van der Waals surface area contributed by atoms with Crippen LogP contribution in [0.1, 0.15) is 24.9 Å². The lowest BCUT2D eigenvalue weighted by atomic mass is 10.3. The van der Waals surface area contributed by atoms with Crippen molar-refractivity contribution in [3.63, 3.8) is 0 Å². The topological polar surface area (TPSA) is 25.8 Å². The maximum atomic E-state index is 5.76. The summed E-state index contributed by atoms with van der Waals surface area (Å²) in [5, 5.41) is 0.643. The zero-order valence-corrected chi connectivity index (χ0v) is 7.52. The Kier molecular flexibility index (Phi) is 2.83. The number of halogens is 1. The Hall–Kier alpha value is -0.630. The quantitative estimate of drug-likeness (QED) is 0.681. The van der Waals surface area contributed by atoms with Crippen LogP contribution in [-0.4, -0.2) is 9.97 Å². The molecule has 0 aromatic carbocycles. The molecule has 1 rings (SSSR count). The Bertz CT molecular complexity index is 248. The van der Waals surface area contributed by atoms with E-state index < -0.39 is 0 Å². The molecule has 60 valence electrons. The van der Waals surface area contributed by atoms with Gasteiger partial charge >= 0.3 is 0 Å². The fourth-order valence-electron chi connectivity index (χ4n) is 0.845. The highest BCUT2D eigenvalue weighted by Crippen LogP contribution is 2.10. The average molecular weight is 171 g/mol. The van der Waals surface area contributed by atoms with Gasteiger partial charge in [0, 0.05) is 12.6 Å². The standard InChI is InChI=1S/C8H11ClN2/c1-3-4-8-10-5-7(9)6(2)11-8/h5H,3-4H2,1-2H3. The van der Waals surface area contributed by atoms with Crippen molar-refractivity contribution in [1.82, 2.24) is 9.97 Å². The van der Waals surface area contributed by atoms with Crippen LogP contribution in [0.4, 0.5) is 0 Å².